The monoisotopic (exact) mass is 426 g/mol. The molecule has 0 spiro atoms. The predicted molar refractivity (Wildman–Crippen MR) is 118 cm³/mol. The Labute approximate surface area is 184 Å². The first-order chi connectivity index (χ1) is 15.0. The zero-order chi connectivity index (χ0) is 21.8. The Morgan fingerprint density at radius 2 is 1.87 bits per heavy atom. The smallest absolute Gasteiger partial charge is 0.324 e. The lowest BCUT2D eigenvalue weighted by molar-refractivity contribution is -0.135. The fourth-order valence-electron chi connectivity index (χ4n) is 5.39. The van der Waals surface area contributed by atoms with Crippen molar-refractivity contribution in [1.82, 2.24) is 20.0 Å². The fraction of sp³-hybridized carbons (Fsp3) is 0.625. The number of hydrogen-bond acceptors (Lipinski definition) is 4. The molecule has 4 amide bonds. The van der Waals surface area contributed by atoms with Gasteiger partial charge >= 0.3 is 6.03 Å². The van der Waals surface area contributed by atoms with Crippen molar-refractivity contribution in [2.75, 3.05) is 33.2 Å². The van der Waals surface area contributed by atoms with Crippen LogP contribution in [0.15, 0.2) is 30.3 Å². The zero-order valence-corrected chi connectivity index (χ0v) is 18.5. The summed E-state index contributed by atoms with van der Waals surface area (Å²) in [6, 6.07) is 9.21. The lowest BCUT2D eigenvalue weighted by Crippen LogP contribution is -2.51. The summed E-state index contributed by atoms with van der Waals surface area (Å²) in [6.07, 6.45) is 6.77. The number of rotatable bonds is 7. The van der Waals surface area contributed by atoms with E-state index >= 15 is 0 Å². The fourth-order valence-corrected chi connectivity index (χ4v) is 5.39. The average Bonchev–Trinajstić information content (AvgIpc) is 3.05. The summed E-state index contributed by atoms with van der Waals surface area (Å²) in [4.78, 5) is 43.5. The van der Waals surface area contributed by atoms with Gasteiger partial charge in [0.25, 0.3) is 5.91 Å². The van der Waals surface area contributed by atoms with Crippen LogP contribution in [0.3, 0.4) is 0 Å². The number of benzene rings is 1. The van der Waals surface area contributed by atoms with Gasteiger partial charge in [0.05, 0.1) is 6.42 Å². The first kappa shape index (κ1) is 21.8. The Morgan fingerprint density at radius 1 is 1.10 bits per heavy atom. The minimum absolute atomic E-state index is 0.0318. The normalized spacial score (nSPS) is 26.5. The molecule has 3 unspecified atom stereocenters. The molecule has 0 radical (unpaired) electrons. The van der Waals surface area contributed by atoms with Crippen LogP contribution in [0.25, 0.3) is 0 Å². The molecule has 7 nitrogen and oxygen atoms in total. The van der Waals surface area contributed by atoms with Gasteiger partial charge in [-0.1, -0.05) is 36.8 Å². The van der Waals surface area contributed by atoms with Crippen molar-refractivity contribution >= 4 is 17.8 Å². The molecule has 3 atom stereocenters. The number of amides is 4. The lowest BCUT2D eigenvalue weighted by Gasteiger charge is -2.45. The first-order valence-electron chi connectivity index (χ1n) is 11.7. The van der Waals surface area contributed by atoms with Crippen molar-refractivity contribution in [2.24, 2.45) is 5.92 Å². The van der Waals surface area contributed by atoms with Crippen LogP contribution < -0.4 is 5.32 Å². The molecule has 4 rings (SSSR count). The quantitative estimate of drug-likeness (QED) is 0.679. The Morgan fingerprint density at radius 3 is 2.68 bits per heavy atom. The van der Waals surface area contributed by atoms with Crippen LogP contribution in [0.4, 0.5) is 4.79 Å². The molecule has 1 N–H and O–H groups in total. The van der Waals surface area contributed by atoms with E-state index in [0.29, 0.717) is 24.9 Å². The largest absolute Gasteiger partial charge is 0.345 e. The van der Waals surface area contributed by atoms with E-state index in [9.17, 15) is 14.4 Å². The summed E-state index contributed by atoms with van der Waals surface area (Å²) in [6.45, 7) is 3.42. The van der Waals surface area contributed by atoms with Gasteiger partial charge in [0.2, 0.25) is 5.91 Å². The summed E-state index contributed by atoms with van der Waals surface area (Å²) in [5, 5.41) is 2.71. The van der Waals surface area contributed by atoms with Crippen molar-refractivity contribution in [1.29, 1.82) is 0 Å². The van der Waals surface area contributed by atoms with E-state index in [1.165, 1.54) is 43.7 Å². The van der Waals surface area contributed by atoms with Gasteiger partial charge in [-0.3, -0.25) is 14.5 Å². The highest BCUT2D eigenvalue weighted by Crippen LogP contribution is 2.31. The van der Waals surface area contributed by atoms with Crippen molar-refractivity contribution in [3.05, 3.63) is 35.9 Å². The molecule has 3 aliphatic heterocycles. The van der Waals surface area contributed by atoms with Gasteiger partial charge < -0.3 is 15.1 Å². The number of carbonyl (C=O) groups is 3. The molecule has 3 fully saturated rings. The third-order valence-electron chi connectivity index (χ3n) is 7.12. The van der Waals surface area contributed by atoms with Gasteiger partial charge in [-0.2, -0.15) is 0 Å². The third kappa shape index (κ3) is 5.09. The van der Waals surface area contributed by atoms with Crippen molar-refractivity contribution < 1.29 is 14.4 Å². The van der Waals surface area contributed by atoms with Gasteiger partial charge in [0.15, 0.2) is 0 Å². The topological polar surface area (TPSA) is 73.0 Å². The number of piperidine rings is 2. The van der Waals surface area contributed by atoms with Crippen LogP contribution in [0, 0.1) is 5.92 Å². The molecule has 168 valence electrons. The van der Waals surface area contributed by atoms with Crippen LogP contribution in [0.2, 0.25) is 0 Å². The maximum atomic E-state index is 12.9. The second-order valence-corrected chi connectivity index (χ2v) is 9.21. The third-order valence-corrected chi connectivity index (χ3v) is 7.12. The molecule has 1 aromatic rings. The Kier molecular flexibility index (Phi) is 6.90. The molecule has 0 saturated carbocycles. The minimum atomic E-state index is -0.754. The number of nitrogens with one attached hydrogen (secondary N) is 1. The van der Waals surface area contributed by atoms with E-state index < -0.39 is 12.1 Å². The molecule has 31 heavy (non-hydrogen) atoms. The molecule has 0 aliphatic carbocycles. The second kappa shape index (κ2) is 9.81. The number of urea groups is 1. The van der Waals surface area contributed by atoms with Gasteiger partial charge in [0.1, 0.15) is 6.04 Å². The van der Waals surface area contributed by atoms with Gasteiger partial charge in [-0.25, -0.2) is 4.79 Å². The van der Waals surface area contributed by atoms with Crippen molar-refractivity contribution in [3.8, 4) is 0 Å². The van der Waals surface area contributed by atoms with Crippen LogP contribution in [-0.2, 0) is 16.0 Å². The van der Waals surface area contributed by atoms with E-state index in [1.54, 1.807) is 4.90 Å². The number of carbonyl (C=O) groups excluding carboxylic acids is 3. The standard InChI is InChI=1S/C24H34N4O3/c1-26(17-19-10-7-14-27-13-6-5-11-21(19)27)22(29)16-20-23(30)28(24(31)25-20)15-12-18-8-3-2-4-9-18/h2-4,8-9,19-21H,5-7,10-17H2,1H3,(H,25,31). The zero-order valence-electron chi connectivity index (χ0n) is 18.5. The summed E-state index contributed by atoms with van der Waals surface area (Å²) >= 11 is 0. The second-order valence-electron chi connectivity index (χ2n) is 9.21. The molecule has 3 saturated heterocycles. The maximum Gasteiger partial charge on any atom is 0.324 e. The highest BCUT2D eigenvalue weighted by molar-refractivity contribution is 6.05. The number of fused-ring (bicyclic) bond motifs is 1. The SMILES string of the molecule is CN(CC1CCCN2CCCCC12)C(=O)CC1NC(=O)N(CCc2ccccc2)C1=O. The van der Waals surface area contributed by atoms with E-state index in [0.717, 1.165) is 18.5 Å². The summed E-state index contributed by atoms with van der Waals surface area (Å²) in [7, 11) is 1.83. The summed E-state index contributed by atoms with van der Waals surface area (Å²) < 4.78 is 0. The lowest BCUT2D eigenvalue weighted by atomic mass is 9.83. The van der Waals surface area contributed by atoms with Crippen LogP contribution in [0.5, 0.6) is 0 Å². The number of hydrogen-bond donors (Lipinski definition) is 1. The number of nitrogens with zero attached hydrogens (tertiary/aromatic N) is 3. The Hall–Kier alpha value is -2.41. The molecule has 3 heterocycles. The number of imide groups is 1. The Balaban J connectivity index is 1.28. The molecular weight excluding hydrogens is 392 g/mol. The van der Waals surface area contributed by atoms with Gasteiger partial charge in [0, 0.05) is 26.2 Å². The molecule has 3 aliphatic rings. The maximum absolute atomic E-state index is 12.9. The molecule has 0 aromatic heterocycles. The average molecular weight is 427 g/mol. The van der Waals surface area contributed by atoms with Gasteiger partial charge in [-0.05, 0) is 56.7 Å². The molecule has 0 bridgehead atoms. The first-order valence-corrected chi connectivity index (χ1v) is 11.7. The molecule has 1 aromatic carbocycles. The van der Waals surface area contributed by atoms with E-state index in [2.05, 4.69) is 10.2 Å². The summed E-state index contributed by atoms with van der Waals surface area (Å²) in [5.74, 6) is 0.134. The van der Waals surface area contributed by atoms with Crippen LogP contribution >= 0.6 is 0 Å². The minimum Gasteiger partial charge on any atom is -0.345 e. The van der Waals surface area contributed by atoms with Crippen LogP contribution in [0.1, 0.15) is 44.1 Å². The molecule has 7 heteroatoms. The van der Waals surface area contributed by atoms with Crippen molar-refractivity contribution in [3.63, 3.8) is 0 Å². The van der Waals surface area contributed by atoms with E-state index in [-0.39, 0.29) is 18.2 Å². The highest BCUT2D eigenvalue weighted by atomic mass is 16.2. The summed E-state index contributed by atoms with van der Waals surface area (Å²) in [5.41, 5.74) is 1.08. The van der Waals surface area contributed by atoms with E-state index in [4.69, 9.17) is 0 Å². The van der Waals surface area contributed by atoms with Crippen molar-refractivity contribution in [2.45, 2.75) is 57.0 Å². The Bertz CT molecular complexity index is 797. The predicted octanol–water partition coefficient (Wildman–Crippen LogP) is 2.26. The van der Waals surface area contributed by atoms with E-state index in [1.807, 2.05) is 37.4 Å². The van der Waals surface area contributed by atoms with Gasteiger partial charge in [-0.15, -0.1) is 0 Å². The van der Waals surface area contributed by atoms with Crippen LogP contribution in [-0.4, -0.2) is 77.9 Å². The molecular formula is C24H34N4O3. The highest BCUT2D eigenvalue weighted by Gasteiger charge is 2.40.